The molecule has 1 unspecified atom stereocenters. The van der Waals surface area contributed by atoms with Gasteiger partial charge in [-0.1, -0.05) is 19.8 Å². The molecule has 1 N–H and O–H groups in total. The minimum absolute atomic E-state index is 0.607. The highest BCUT2D eigenvalue weighted by Gasteiger charge is 2.25. The van der Waals surface area contributed by atoms with E-state index in [1.165, 1.54) is 37.8 Å². The highest BCUT2D eigenvalue weighted by atomic mass is 15.3. The average molecular weight is 235 g/mol. The summed E-state index contributed by atoms with van der Waals surface area (Å²) in [6, 6.07) is 2.70. The summed E-state index contributed by atoms with van der Waals surface area (Å²) in [5, 5.41) is 8.13. The number of aromatic nitrogens is 2. The normalized spacial score (nSPS) is 18.7. The molecule has 1 fully saturated rings. The van der Waals surface area contributed by atoms with Crippen molar-refractivity contribution < 1.29 is 0 Å². The molecule has 0 bridgehead atoms. The van der Waals surface area contributed by atoms with Gasteiger partial charge in [0.25, 0.3) is 0 Å². The van der Waals surface area contributed by atoms with Crippen molar-refractivity contribution in [1.82, 2.24) is 15.1 Å². The zero-order valence-corrected chi connectivity index (χ0v) is 11.2. The summed E-state index contributed by atoms with van der Waals surface area (Å²) in [5.74, 6) is 0.852. The fraction of sp³-hybridized carbons (Fsp3) is 0.786. The molecule has 2 rings (SSSR count). The molecule has 96 valence electrons. The van der Waals surface area contributed by atoms with Crippen LogP contribution >= 0.6 is 0 Å². The summed E-state index contributed by atoms with van der Waals surface area (Å²) >= 11 is 0. The minimum Gasteiger partial charge on any atom is -0.312 e. The molecule has 0 saturated heterocycles. The molecule has 0 aliphatic heterocycles. The van der Waals surface area contributed by atoms with Gasteiger partial charge in [-0.3, -0.25) is 4.68 Å². The van der Waals surface area contributed by atoms with Crippen LogP contribution in [0.3, 0.4) is 0 Å². The predicted molar refractivity (Wildman–Crippen MR) is 71.0 cm³/mol. The largest absolute Gasteiger partial charge is 0.312 e. The predicted octanol–water partition coefficient (Wildman–Crippen LogP) is 2.75. The van der Waals surface area contributed by atoms with Crippen LogP contribution in [0.1, 0.15) is 44.7 Å². The Morgan fingerprint density at radius 2 is 2.24 bits per heavy atom. The molecule has 1 aromatic rings. The van der Waals surface area contributed by atoms with Gasteiger partial charge < -0.3 is 5.32 Å². The molecule has 3 heteroatoms. The number of aryl methyl sites for hydroxylation is 1. The van der Waals surface area contributed by atoms with Crippen molar-refractivity contribution in [3.8, 4) is 0 Å². The number of rotatable bonds is 6. The first kappa shape index (κ1) is 12.6. The molecule has 1 saturated carbocycles. The van der Waals surface area contributed by atoms with E-state index in [9.17, 15) is 0 Å². The van der Waals surface area contributed by atoms with Crippen molar-refractivity contribution in [2.75, 3.05) is 6.54 Å². The van der Waals surface area contributed by atoms with Crippen molar-refractivity contribution in [1.29, 1.82) is 0 Å². The van der Waals surface area contributed by atoms with Gasteiger partial charge >= 0.3 is 0 Å². The first-order chi connectivity index (χ1) is 8.31. The summed E-state index contributed by atoms with van der Waals surface area (Å²) in [4.78, 5) is 0. The molecule has 1 heterocycles. The topological polar surface area (TPSA) is 29.9 Å². The van der Waals surface area contributed by atoms with Crippen LogP contribution in [0.25, 0.3) is 0 Å². The van der Waals surface area contributed by atoms with E-state index in [4.69, 9.17) is 0 Å². The number of hydrogen-bond donors (Lipinski definition) is 1. The maximum Gasteiger partial charge on any atom is 0.0568 e. The summed E-state index contributed by atoms with van der Waals surface area (Å²) in [7, 11) is 0. The molecular weight excluding hydrogens is 210 g/mol. The van der Waals surface area contributed by atoms with E-state index >= 15 is 0 Å². The lowest BCUT2D eigenvalue weighted by atomic mass is 9.98. The van der Waals surface area contributed by atoms with Crippen molar-refractivity contribution in [2.24, 2.45) is 5.92 Å². The standard InChI is InChI=1S/C14H25N3/c1-3-9-15-14(13-6-4-5-7-13)11-17-12(2)8-10-16-17/h8,10,13-15H,3-7,9,11H2,1-2H3. The highest BCUT2D eigenvalue weighted by Crippen LogP contribution is 2.28. The van der Waals surface area contributed by atoms with Crippen LogP contribution in [-0.2, 0) is 6.54 Å². The third kappa shape index (κ3) is 3.32. The minimum atomic E-state index is 0.607. The van der Waals surface area contributed by atoms with Crippen LogP contribution in [0.15, 0.2) is 12.3 Å². The van der Waals surface area contributed by atoms with Gasteiger partial charge in [0.05, 0.1) is 6.54 Å². The second kappa shape index (κ2) is 6.20. The quantitative estimate of drug-likeness (QED) is 0.821. The number of hydrogen-bond acceptors (Lipinski definition) is 2. The van der Waals surface area contributed by atoms with E-state index in [0.717, 1.165) is 19.0 Å². The van der Waals surface area contributed by atoms with Crippen LogP contribution in [0.4, 0.5) is 0 Å². The molecule has 1 aliphatic rings. The highest BCUT2D eigenvalue weighted by molar-refractivity contribution is 4.97. The van der Waals surface area contributed by atoms with Crippen molar-refractivity contribution in [3.05, 3.63) is 18.0 Å². The summed E-state index contributed by atoms with van der Waals surface area (Å²) in [5.41, 5.74) is 1.27. The maximum absolute atomic E-state index is 4.41. The lowest BCUT2D eigenvalue weighted by Gasteiger charge is -2.25. The SMILES string of the molecule is CCCNC(Cn1nccc1C)C1CCCC1. The molecule has 0 aromatic carbocycles. The zero-order chi connectivity index (χ0) is 12.1. The first-order valence-electron chi connectivity index (χ1n) is 7.03. The van der Waals surface area contributed by atoms with Gasteiger partial charge in [0.2, 0.25) is 0 Å². The number of nitrogens with zero attached hydrogens (tertiary/aromatic N) is 2. The zero-order valence-electron chi connectivity index (χ0n) is 11.2. The monoisotopic (exact) mass is 235 g/mol. The lowest BCUT2D eigenvalue weighted by molar-refractivity contribution is 0.310. The summed E-state index contributed by atoms with van der Waals surface area (Å²) in [6.45, 7) is 6.53. The Balaban J connectivity index is 1.97. The molecule has 0 amide bonds. The second-order valence-corrected chi connectivity index (χ2v) is 5.26. The van der Waals surface area contributed by atoms with Crippen LogP contribution in [0.5, 0.6) is 0 Å². The maximum atomic E-state index is 4.41. The van der Waals surface area contributed by atoms with Gasteiger partial charge in [-0.2, -0.15) is 5.10 Å². The second-order valence-electron chi connectivity index (χ2n) is 5.26. The fourth-order valence-electron chi connectivity index (χ4n) is 2.85. The van der Waals surface area contributed by atoms with Gasteiger partial charge in [-0.05, 0) is 44.7 Å². The molecule has 3 nitrogen and oxygen atoms in total. The van der Waals surface area contributed by atoms with Gasteiger partial charge in [-0.25, -0.2) is 0 Å². The Kier molecular flexibility index (Phi) is 4.60. The Bertz CT molecular complexity index is 326. The van der Waals surface area contributed by atoms with E-state index in [0.29, 0.717) is 6.04 Å². The van der Waals surface area contributed by atoms with Gasteiger partial charge in [0.15, 0.2) is 0 Å². The van der Waals surface area contributed by atoms with Gasteiger partial charge in [0.1, 0.15) is 0 Å². The van der Waals surface area contributed by atoms with E-state index in [2.05, 4.69) is 35.0 Å². The van der Waals surface area contributed by atoms with Crippen LogP contribution < -0.4 is 5.32 Å². The molecule has 0 spiro atoms. The number of nitrogens with one attached hydrogen (secondary N) is 1. The van der Waals surface area contributed by atoms with Gasteiger partial charge in [-0.15, -0.1) is 0 Å². The van der Waals surface area contributed by atoms with Gasteiger partial charge in [0, 0.05) is 17.9 Å². The summed E-state index contributed by atoms with van der Waals surface area (Å²) < 4.78 is 2.14. The Morgan fingerprint density at radius 3 is 2.82 bits per heavy atom. The first-order valence-corrected chi connectivity index (χ1v) is 7.03. The van der Waals surface area contributed by atoms with Crippen molar-refractivity contribution in [3.63, 3.8) is 0 Å². The molecule has 1 atom stereocenters. The smallest absolute Gasteiger partial charge is 0.0568 e. The molecule has 17 heavy (non-hydrogen) atoms. The molecule has 1 aromatic heterocycles. The Hall–Kier alpha value is -0.830. The van der Waals surface area contributed by atoms with E-state index in [1.807, 2.05) is 6.20 Å². The lowest BCUT2D eigenvalue weighted by Crippen LogP contribution is -2.39. The van der Waals surface area contributed by atoms with Crippen LogP contribution in [0.2, 0.25) is 0 Å². The Labute approximate surface area is 105 Å². The van der Waals surface area contributed by atoms with Crippen LogP contribution in [0, 0.1) is 12.8 Å². The molecular formula is C14H25N3. The van der Waals surface area contributed by atoms with E-state index < -0.39 is 0 Å². The van der Waals surface area contributed by atoms with Crippen molar-refractivity contribution >= 4 is 0 Å². The van der Waals surface area contributed by atoms with Crippen LogP contribution in [-0.4, -0.2) is 22.4 Å². The van der Waals surface area contributed by atoms with Crippen molar-refractivity contribution in [2.45, 2.75) is 58.5 Å². The molecule has 0 radical (unpaired) electrons. The average Bonchev–Trinajstić information content (AvgIpc) is 2.96. The third-order valence-corrected chi connectivity index (χ3v) is 3.92. The molecule has 1 aliphatic carbocycles. The van der Waals surface area contributed by atoms with E-state index in [-0.39, 0.29) is 0 Å². The fourth-order valence-corrected chi connectivity index (χ4v) is 2.85. The summed E-state index contributed by atoms with van der Waals surface area (Å²) in [6.07, 6.45) is 8.71. The third-order valence-electron chi connectivity index (χ3n) is 3.92. The van der Waals surface area contributed by atoms with E-state index in [1.54, 1.807) is 0 Å². The Morgan fingerprint density at radius 1 is 1.47 bits per heavy atom.